The molecule has 2 rings (SSSR count). The molecule has 1 aromatic heterocycles. The smallest absolute Gasteiger partial charge is 0.151 e. The Morgan fingerprint density at radius 1 is 1.33 bits per heavy atom. The highest BCUT2D eigenvalue weighted by Gasteiger charge is 2.11. The summed E-state index contributed by atoms with van der Waals surface area (Å²) in [5.74, 6) is -1.41. The lowest BCUT2D eigenvalue weighted by molar-refractivity contribution is 0.578. The minimum absolute atomic E-state index is 0.0184. The van der Waals surface area contributed by atoms with Gasteiger partial charge in [-0.1, -0.05) is 11.6 Å². The third kappa shape index (κ3) is 1.85. The van der Waals surface area contributed by atoms with Crippen LogP contribution in [0.4, 0.5) is 8.78 Å². The zero-order valence-electron chi connectivity index (χ0n) is 7.84. The summed E-state index contributed by atoms with van der Waals surface area (Å²) in [6.07, 6.45) is 3.04. The molecule has 0 saturated heterocycles. The van der Waals surface area contributed by atoms with Crippen LogP contribution in [-0.2, 0) is 0 Å². The summed E-state index contributed by atoms with van der Waals surface area (Å²) in [7, 11) is 0. The standard InChI is InChI=1S/C10H7ClF2N2/c1-6-4-15(5-14-6)10-8(11)2-7(12)3-9(10)13/h2-5H,1H3. The number of rotatable bonds is 1. The molecule has 2 nitrogen and oxygen atoms in total. The maximum Gasteiger partial charge on any atom is 0.151 e. The Hall–Kier alpha value is -1.42. The molecule has 0 radical (unpaired) electrons. The van der Waals surface area contributed by atoms with Crippen LogP contribution in [0.15, 0.2) is 24.7 Å². The monoisotopic (exact) mass is 228 g/mol. The Morgan fingerprint density at radius 3 is 2.60 bits per heavy atom. The van der Waals surface area contributed by atoms with Gasteiger partial charge >= 0.3 is 0 Å². The molecule has 0 amide bonds. The normalized spacial score (nSPS) is 10.7. The Morgan fingerprint density at radius 2 is 2.07 bits per heavy atom. The van der Waals surface area contributed by atoms with E-state index in [-0.39, 0.29) is 10.7 Å². The van der Waals surface area contributed by atoms with E-state index in [4.69, 9.17) is 11.6 Å². The summed E-state index contributed by atoms with van der Waals surface area (Å²) in [4.78, 5) is 3.94. The molecule has 0 N–H and O–H groups in total. The molecule has 15 heavy (non-hydrogen) atoms. The lowest BCUT2D eigenvalue weighted by Gasteiger charge is -2.06. The van der Waals surface area contributed by atoms with Crippen LogP contribution in [0.5, 0.6) is 0 Å². The van der Waals surface area contributed by atoms with Crippen LogP contribution < -0.4 is 0 Å². The van der Waals surface area contributed by atoms with Gasteiger partial charge in [-0.25, -0.2) is 13.8 Å². The summed E-state index contributed by atoms with van der Waals surface area (Å²) in [6.45, 7) is 1.77. The van der Waals surface area contributed by atoms with E-state index < -0.39 is 11.6 Å². The molecule has 0 fully saturated rings. The minimum Gasteiger partial charge on any atom is -0.302 e. The van der Waals surface area contributed by atoms with Gasteiger partial charge in [0, 0.05) is 12.3 Å². The SMILES string of the molecule is Cc1cn(-c2c(F)cc(F)cc2Cl)cn1. The molecule has 0 aliphatic carbocycles. The number of halogens is 3. The van der Waals surface area contributed by atoms with Gasteiger partial charge in [0.25, 0.3) is 0 Å². The van der Waals surface area contributed by atoms with Crippen LogP contribution in [0.25, 0.3) is 5.69 Å². The van der Waals surface area contributed by atoms with Crippen LogP contribution in [0.1, 0.15) is 5.69 Å². The van der Waals surface area contributed by atoms with E-state index >= 15 is 0 Å². The molecule has 0 bridgehead atoms. The van der Waals surface area contributed by atoms with E-state index in [1.807, 2.05) is 0 Å². The van der Waals surface area contributed by atoms with Gasteiger partial charge in [0.05, 0.1) is 17.0 Å². The number of imidazole rings is 1. The molecule has 1 aromatic carbocycles. The Kier molecular flexibility index (Phi) is 2.44. The van der Waals surface area contributed by atoms with Crippen LogP contribution in [0, 0.1) is 18.6 Å². The van der Waals surface area contributed by atoms with Gasteiger partial charge in [-0.15, -0.1) is 0 Å². The molecule has 1 heterocycles. The van der Waals surface area contributed by atoms with Crippen LogP contribution in [0.2, 0.25) is 5.02 Å². The van der Waals surface area contributed by atoms with Crippen molar-refractivity contribution in [2.45, 2.75) is 6.92 Å². The van der Waals surface area contributed by atoms with Crippen molar-refractivity contribution < 1.29 is 8.78 Å². The fourth-order valence-corrected chi connectivity index (χ4v) is 1.62. The van der Waals surface area contributed by atoms with Crippen LogP contribution >= 0.6 is 11.6 Å². The second-order valence-electron chi connectivity index (χ2n) is 3.14. The largest absolute Gasteiger partial charge is 0.302 e. The zero-order valence-corrected chi connectivity index (χ0v) is 8.59. The van der Waals surface area contributed by atoms with Gasteiger partial charge in [-0.2, -0.15) is 0 Å². The van der Waals surface area contributed by atoms with Gasteiger partial charge in [0.2, 0.25) is 0 Å². The molecule has 0 aliphatic rings. The number of aryl methyl sites for hydroxylation is 1. The van der Waals surface area contributed by atoms with Crippen molar-refractivity contribution in [3.05, 3.63) is 47.0 Å². The second-order valence-corrected chi connectivity index (χ2v) is 3.55. The van der Waals surface area contributed by atoms with Crippen molar-refractivity contribution in [3.63, 3.8) is 0 Å². The predicted molar refractivity (Wildman–Crippen MR) is 53.2 cm³/mol. The van der Waals surface area contributed by atoms with Gasteiger partial charge in [-0.05, 0) is 13.0 Å². The molecule has 78 valence electrons. The first-order valence-corrected chi connectivity index (χ1v) is 4.61. The van der Waals surface area contributed by atoms with Gasteiger partial charge < -0.3 is 4.57 Å². The maximum atomic E-state index is 13.4. The lowest BCUT2D eigenvalue weighted by Crippen LogP contribution is -1.97. The van der Waals surface area contributed by atoms with Crippen LogP contribution in [-0.4, -0.2) is 9.55 Å². The molecule has 2 aromatic rings. The van der Waals surface area contributed by atoms with Crippen molar-refractivity contribution >= 4 is 11.6 Å². The summed E-state index contributed by atoms with van der Waals surface area (Å²) < 4.78 is 27.6. The van der Waals surface area contributed by atoms with E-state index in [1.165, 1.54) is 10.9 Å². The highest BCUT2D eigenvalue weighted by atomic mass is 35.5. The number of aromatic nitrogens is 2. The summed E-state index contributed by atoms with van der Waals surface area (Å²) >= 11 is 5.75. The van der Waals surface area contributed by atoms with E-state index in [0.717, 1.165) is 17.8 Å². The first-order chi connectivity index (χ1) is 7.08. The van der Waals surface area contributed by atoms with E-state index in [1.54, 1.807) is 13.1 Å². The van der Waals surface area contributed by atoms with E-state index in [0.29, 0.717) is 0 Å². The average Bonchev–Trinajstić information content (AvgIpc) is 2.49. The summed E-state index contributed by atoms with van der Waals surface area (Å²) in [5.41, 5.74) is 0.841. The van der Waals surface area contributed by atoms with E-state index in [2.05, 4.69) is 4.98 Å². The number of benzene rings is 1. The fraction of sp³-hybridized carbons (Fsp3) is 0.100. The fourth-order valence-electron chi connectivity index (χ4n) is 1.32. The quantitative estimate of drug-likeness (QED) is 0.733. The average molecular weight is 229 g/mol. The topological polar surface area (TPSA) is 17.8 Å². The molecule has 0 spiro atoms. The highest BCUT2D eigenvalue weighted by Crippen LogP contribution is 2.24. The first-order valence-electron chi connectivity index (χ1n) is 4.23. The third-order valence-corrected chi connectivity index (χ3v) is 2.24. The third-order valence-electron chi connectivity index (χ3n) is 1.95. The second kappa shape index (κ2) is 3.62. The van der Waals surface area contributed by atoms with Crippen molar-refractivity contribution in [3.8, 4) is 5.69 Å². The van der Waals surface area contributed by atoms with E-state index in [9.17, 15) is 8.78 Å². The number of hydrogen-bond acceptors (Lipinski definition) is 1. The molecule has 0 aliphatic heterocycles. The lowest BCUT2D eigenvalue weighted by atomic mass is 10.3. The van der Waals surface area contributed by atoms with Gasteiger partial charge in [0.1, 0.15) is 11.5 Å². The first kappa shape index (κ1) is 10.1. The summed E-state index contributed by atoms with van der Waals surface area (Å²) in [5, 5.41) is 0.0184. The number of nitrogens with zero attached hydrogens (tertiary/aromatic N) is 2. The zero-order chi connectivity index (χ0) is 11.0. The predicted octanol–water partition coefficient (Wildman–Crippen LogP) is 3.11. The molecule has 0 saturated carbocycles. The number of hydrogen-bond donors (Lipinski definition) is 0. The maximum absolute atomic E-state index is 13.4. The summed E-state index contributed by atoms with van der Waals surface area (Å²) in [6, 6.07) is 1.85. The van der Waals surface area contributed by atoms with Gasteiger partial charge in [-0.3, -0.25) is 0 Å². The van der Waals surface area contributed by atoms with Crippen molar-refractivity contribution in [1.29, 1.82) is 0 Å². The molecule has 0 atom stereocenters. The Balaban J connectivity index is 2.62. The molecule has 5 heteroatoms. The molecular formula is C10H7ClF2N2. The Bertz CT molecular complexity index is 485. The Labute approximate surface area is 90.1 Å². The van der Waals surface area contributed by atoms with Crippen molar-refractivity contribution in [1.82, 2.24) is 9.55 Å². The van der Waals surface area contributed by atoms with Crippen molar-refractivity contribution in [2.24, 2.45) is 0 Å². The van der Waals surface area contributed by atoms with Crippen molar-refractivity contribution in [2.75, 3.05) is 0 Å². The molecular weight excluding hydrogens is 222 g/mol. The van der Waals surface area contributed by atoms with Crippen LogP contribution in [0.3, 0.4) is 0 Å². The molecule has 0 unspecified atom stereocenters. The minimum atomic E-state index is -0.711. The highest BCUT2D eigenvalue weighted by molar-refractivity contribution is 6.32. The van der Waals surface area contributed by atoms with Gasteiger partial charge in [0.15, 0.2) is 5.82 Å².